The van der Waals surface area contributed by atoms with Crippen molar-refractivity contribution < 1.29 is 19.2 Å². The highest BCUT2D eigenvalue weighted by Gasteiger charge is 2.52. The van der Waals surface area contributed by atoms with Crippen LogP contribution in [0.1, 0.15) is 58.8 Å². The lowest BCUT2D eigenvalue weighted by atomic mass is 9.79. The van der Waals surface area contributed by atoms with Crippen LogP contribution >= 0.6 is 0 Å². The number of likely N-dealkylation sites (tertiary alicyclic amines) is 1. The first-order valence-corrected chi connectivity index (χ1v) is 10.0. The van der Waals surface area contributed by atoms with Crippen molar-refractivity contribution in [3.05, 3.63) is 24.0 Å². The van der Waals surface area contributed by atoms with Gasteiger partial charge in [-0.3, -0.25) is 4.90 Å². The Morgan fingerprint density at radius 3 is 2.64 bits per heavy atom. The molecule has 28 heavy (non-hydrogen) atoms. The van der Waals surface area contributed by atoms with Crippen LogP contribution in [0.4, 0.5) is 4.79 Å². The standard InChI is InChI=1S/C20H26BN3O4/c1-19(2)20(3,4)28-21(27-19)12-6-8-14-15(10-12)23-17(22-14)16-11-5-7-13(9-11)24(16)18(25)26/h6,8,10-11,13,16H,5,7,9H2,1-4H3,(H,22,23)(H,25,26)/t11-,13+,16-/m0/s1. The third kappa shape index (κ3) is 2.50. The van der Waals surface area contributed by atoms with Crippen molar-refractivity contribution in [1.82, 2.24) is 14.9 Å². The van der Waals surface area contributed by atoms with Crippen LogP contribution in [0.15, 0.2) is 18.2 Å². The lowest BCUT2D eigenvalue weighted by Gasteiger charge is -2.32. The van der Waals surface area contributed by atoms with E-state index in [1.807, 2.05) is 45.9 Å². The molecule has 3 aliphatic rings. The molecule has 0 spiro atoms. The van der Waals surface area contributed by atoms with Crippen LogP contribution in [0.2, 0.25) is 0 Å². The lowest BCUT2D eigenvalue weighted by molar-refractivity contribution is 0.00578. The number of nitrogens with one attached hydrogen (secondary N) is 1. The number of amides is 1. The number of aromatic nitrogens is 2. The number of fused-ring (bicyclic) bond motifs is 3. The molecule has 3 atom stereocenters. The number of nitrogens with zero attached hydrogens (tertiary/aromatic N) is 2. The van der Waals surface area contributed by atoms with Gasteiger partial charge in [-0.25, -0.2) is 9.78 Å². The highest BCUT2D eigenvalue weighted by atomic mass is 16.7. The summed E-state index contributed by atoms with van der Waals surface area (Å²) in [5, 5.41) is 9.68. The second-order valence-corrected chi connectivity index (χ2v) is 9.35. The van der Waals surface area contributed by atoms with E-state index in [2.05, 4.69) is 4.98 Å². The Bertz CT molecular complexity index is 940. The van der Waals surface area contributed by atoms with Crippen LogP contribution in [-0.4, -0.2) is 50.4 Å². The normalized spacial score (nSPS) is 30.5. The summed E-state index contributed by atoms with van der Waals surface area (Å²) >= 11 is 0. The number of hydrogen-bond donors (Lipinski definition) is 2. The molecule has 1 aromatic heterocycles. The highest BCUT2D eigenvalue weighted by Crippen LogP contribution is 2.49. The van der Waals surface area contributed by atoms with E-state index in [0.29, 0.717) is 5.92 Å². The minimum Gasteiger partial charge on any atom is -0.465 e. The van der Waals surface area contributed by atoms with Gasteiger partial charge in [-0.05, 0) is 70.5 Å². The number of aromatic amines is 1. The van der Waals surface area contributed by atoms with Crippen LogP contribution in [0.5, 0.6) is 0 Å². The number of piperidine rings is 1. The first kappa shape index (κ1) is 18.0. The van der Waals surface area contributed by atoms with Gasteiger partial charge < -0.3 is 19.4 Å². The van der Waals surface area contributed by atoms with Crippen LogP contribution in [0, 0.1) is 5.92 Å². The van der Waals surface area contributed by atoms with E-state index in [1.165, 1.54) is 0 Å². The number of carbonyl (C=O) groups is 1. The molecule has 1 aliphatic carbocycles. The number of imidazole rings is 1. The maximum absolute atomic E-state index is 11.8. The first-order valence-electron chi connectivity index (χ1n) is 10.0. The zero-order chi connectivity index (χ0) is 19.8. The molecular formula is C20H26BN3O4. The van der Waals surface area contributed by atoms with Crippen molar-refractivity contribution in [2.45, 2.75) is 70.2 Å². The molecule has 2 aliphatic heterocycles. The largest absolute Gasteiger partial charge is 0.494 e. The fourth-order valence-electron chi connectivity index (χ4n) is 4.93. The maximum Gasteiger partial charge on any atom is 0.494 e. The molecule has 2 saturated heterocycles. The summed E-state index contributed by atoms with van der Waals surface area (Å²) in [5.74, 6) is 1.10. The molecule has 5 rings (SSSR count). The Kier molecular flexibility index (Phi) is 3.69. The Labute approximate surface area is 164 Å². The Balaban J connectivity index is 1.48. The molecular weight excluding hydrogens is 357 g/mol. The van der Waals surface area contributed by atoms with Gasteiger partial charge in [0.2, 0.25) is 0 Å². The molecule has 0 unspecified atom stereocenters. The predicted octanol–water partition coefficient (Wildman–Crippen LogP) is 3.07. The smallest absolute Gasteiger partial charge is 0.465 e. The minimum absolute atomic E-state index is 0.126. The summed E-state index contributed by atoms with van der Waals surface area (Å²) in [6, 6.07) is 5.88. The number of benzene rings is 1. The lowest BCUT2D eigenvalue weighted by Crippen LogP contribution is -2.41. The molecule has 1 aromatic carbocycles. The molecule has 7 nitrogen and oxygen atoms in total. The minimum atomic E-state index is -0.851. The average Bonchev–Trinajstić information content (AvgIpc) is 3.35. The van der Waals surface area contributed by atoms with E-state index in [4.69, 9.17) is 14.3 Å². The summed E-state index contributed by atoms with van der Waals surface area (Å²) in [6.45, 7) is 8.15. The van der Waals surface area contributed by atoms with Crippen LogP contribution in [-0.2, 0) is 9.31 Å². The van der Waals surface area contributed by atoms with E-state index in [-0.39, 0.29) is 12.1 Å². The van der Waals surface area contributed by atoms with Gasteiger partial charge >= 0.3 is 13.2 Å². The summed E-state index contributed by atoms with van der Waals surface area (Å²) < 4.78 is 12.3. The fourth-order valence-corrected chi connectivity index (χ4v) is 4.93. The highest BCUT2D eigenvalue weighted by molar-refractivity contribution is 6.62. The van der Waals surface area contributed by atoms with E-state index < -0.39 is 24.4 Å². The van der Waals surface area contributed by atoms with Crippen molar-refractivity contribution in [1.29, 1.82) is 0 Å². The summed E-state index contributed by atoms with van der Waals surface area (Å²) in [4.78, 5) is 21.5. The average molecular weight is 383 g/mol. The molecule has 1 amide bonds. The van der Waals surface area contributed by atoms with Crippen molar-refractivity contribution >= 4 is 29.7 Å². The zero-order valence-electron chi connectivity index (χ0n) is 16.7. The van der Waals surface area contributed by atoms with Crippen molar-refractivity contribution in [2.24, 2.45) is 5.92 Å². The number of rotatable bonds is 2. The molecule has 0 radical (unpaired) electrons. The summed E-state index contributed by atoms with van der Waals surface area (Å²) in [7, 11) is -0.431. The Hall–Kier alpha value is -2.06. The van der Waals surface area contributed by atoms with Gasteiger partial charge in [-0.15, -0.1) is 0 Å². The van der Waals surface area contributed by atoms with Gasteiger partial charge in [0, 0.05) is 6.04 Å². The van der Waals surface area contributed by atoms with Gasteiger partial charge in [0.15, 0.2) is 0 Å². The first-order chi connectivity index (χ1) is 13.2. The SMILES string of the molecule is CC1(C)OB(c2ccc3nc([C@@H]4[C@H]5CC[C@H](C5)N4C(=O)O)[nH]c3c2)OC1(C)C. The fraction of sp³-hybridized carbons (Fsp3) is 0.600. The molecule has 3 fully saturated rings. The second-order valence-electron chi connectivity index (χ2n) is 9.35. The quantitative estimate of drug-likeness (QED) is 0.779. The van der Waals surface area contributed by atoms with Gasteiger partial charge in [0.05, 0.1) is 28.3 Å². The molecule has 148 valence electrons. The van der Waals surface area contributed by atoms with Gasteiger partial charge in [0.1, 0.15) is 5.82 Å². The summed E-state index contributed by atoms with van der Waals surface area (Å²) in [6.07, 6.45) is 2.11. The molecule has 2 N–H and O–H groups in total. The number of hydrogen-bond acceptors (Lipinski definition) is 4. The molecule has 2 bridgehead atoms. The maximum atomic E-state index is 11.8. The monoisotopic (exact) mass is 383 g/mol. The third-order valence-corrected chi connectivity index (χ3v) is 7.14. The second kappa shape index (κ2) is 5.73. The van der Waals surface area contributed by atoms with Gasteiger partial charge in [-0.2, -0.15) is 0 Å². The van der Waals surface area contributed by atoms with Gasteiger partial charge in [-0.1, -0.05) is 6.07 Å². The van der Waals surface area contributed by atoms with Crippen molar-refractivity contribution in [3.8, 4) is 0 Å². The topological polar surface area (TPSA) is 87.7 Å². The predicted molar refractivity (Wildman–Crippen MR) is 106 cm³/mol. The van der Waals surface area contributed by atoms with E-state index in [9.17, 15) is 9.90 Å². The zero-order valence-corrected chi connectivity index (χ0v) is 16.7. The Morgan fingerprint density at radius 1 is 1.25 bits per heavy atom. The van der Waals surface area contributed by atoms with E-state index >= 15 is 0 Å². The van der Waals surface area contributed by atoms with Crippen molar-refractivity contribution in [3.63, 3.8) is 0 Å². The summed E-state index contributed by atoms with van der Waals surface area (Å²) in [5.41, 5.74) is 1.87. The van der Waals surface area contributed by atoms with E-state index in [0.717, 1.165) is 41.6 Å². The van der Waals surface area contributed by atoms with Crippen molar-refractivity contribution in [2.75, 3.05) is 0 Å². The molecule has 3 heterocycles. The molecule has 8 heteroatoms. The van der Waals surface area contributed by atoms with E-state index in [1.54, 1.807) is 4.90 Å². The molecule has 2 aromatic rings. The number of carboxylic acid groups (broad SMARTS) is 1. The molecule has 1 saturated carbocycles. The third-order valence-electron chi connectivity index (χ3n) is 7.14. The van der Waals surface area contributed by atoms with Crippen LogP contribution in [0.3, 0.4) is 0 Å². The van der Waals surface area contributed by atoms with Crippen LogP contribution < -0.4 is 5.46 Å². The van der Waals surface area contributed by atoms with Crippen LogP contribution in [0.25, 0.3) is 11.0 Å². The van der Waals surface area contributed by atoms with Gasteiger partial charge in [0.25, 0.3) is 0 Å². The number of H-pyrrole nitrogens is 1. The Morgan fingerprint density at radius 2 is 1.96 bits per heavy atom.